The van der Waals surface area contributed by atoms with E-state index in [-0.39, 0.29) is 0 Å². The minimum atomic E-state index is 0.664. The Balaban J connectivity index is 1.60. The van der Waals surface area contributed by atoms with Crippen LogP contribution in [0.4, 0.5) is 0 Å². The summed E-state index contributed by atoms with van der Waals surface area (Å²) in [7, 11) is 0. The minimum absolute atomic E-state index is 0.664. The third-order valence-electron chi connectivity index (χ3n) is 5.79. The highest BCUT2D eigenvalue weighted by Gasteiger charge is 2.53. The summed E-state index contributed by atoms with van der Waals surface area (Å²) in [5, 5.41) is 3.51. The van der Waals surface area contributed by atoms with Crippen LogP contribution in [-0.4, -0.2) is 36.6 Å². The fourth-order valence-electron chi connectivity index (χ4n) is 5.59. The SMILES string of the molecule is C1CN(C23CC4CC(CC(C4)C2)C3)CCN1. The number of rotatable bonds is 1. The summed E-state index contributed by atoms with van der Waals surface area (Å²) in [5.74, 6) is 3.29. The molecular weight excluding hydrogens is 196 g/mol. The number of piperazine rings is 1. The summed E-state index contributed by atoms with van der Waals surface area (Å²) in [6, 6.07) is 0. The topological polar surface area (TPSA) is 15.3 Å². The third kappa shape index (κ3) is 1.39. The second-order valence-corrected chi connectivity index (χ2v) is 6.88. The van der Waals surface area contributed by atoms with Gasteiger partial charge in [-0.15, -0.1) is 0 Å². The van der Waals surface area contributed by atoms with Crippen molar-refractivity contribution < 1.29 is 0 Å². The van der Waals surface area contributed by atoms with Gasteiger partial charge in [0.2, 0.25) is 0 Å². The lowest BCUT2D eigenvalue weighted by molar-refractivity contribution is -0.0919. The summed E-state index contributed by atoms with van der Waals surface area (Å²) < 4.78 is 0. The van der Waals surface area contributed by atoms with Crippen LogP contribution < -0.4 is 5.32 Å². The maximum atomic E-state index is 3.51. The van der Waals surface area contributed by atoms with Gasteiger partial charge < -0.3 is 5.32 Å². The lowest BCUT2D eigenvalue weighted by Crippen LogP contribution is -2.63. The van der Waals surface area contributed by atoms with Gasteiger partial charge in [-0.2, -0.15) is 0 Å². The maximum Gasteiger partial charge on any atom is 0.0218 e. The van der Waals surface area contributed by atoms with Crippen molar-refractivity contribution in [2.75, 3.05) is 26.2 Å². The minimum Gasteiger partial charge on any atom is -0.314 e. The van der Waals surface area contributed by atoms with Crippen molar-refractivity contribution in [3.8, 4) is 0 Å². The molecule has 16 heavy (non-hydrogen) atoms. The second kappa shape index (κ2) is 3.46. The van der Waals surface area contributed by atoms with Gasteiger partial charge in [0.1, 0.15) is 0 Å². The van der Waals surface area contributed by atoms with Gasteiger partial charge in [-0.3, -0.25) is 4.90 Å². The van der Waals surface area contributed by atoms with Crippen LogP contribution in [0.5, 0.6) is 0 Å². The molecule has 0 aromatic rings. The van der Waals surface area contributed by atoms with E-state index in [1.807, 2.05) is 0 Å². The van der Waals surface area contributed by atoms with Crippen molar-refractivity contribution in [3.63, 3.8) is 0 Å². The van der Waals surface area contributed by atoms with Crippen LogP contribution in [0.15, 0.2) is 0 Å². The average molecular weight is 220 g/mol. The molecule has 2 nitrogen and oxygen atoms in total. The van der Waals surface area contributed by atoms with E-state index in [9.17, 15) is 0 Å². The van der Waals surface area contributed by atoms with E-state index >= 15 is 0 Å². The number of nitrogens with one attached hydrogen (secondary N) is 1. The molecule has 1 N–H and O–H groups in total. The third-order valence-corrected chi connectivity index (χ3v) is 5.79. The summed E-state index contributed by atoms with van der Waals surface area (Å²) in [6.07, 6.45) is 9.35. The second-order valence-electron chi connectivity index (χ2n) is 6.88. The van der Waals surface area contributed by atoms with Crippen molar-refractivity contribution in [2.24, 2.45) is 17.8 Å². The van der Waals surface area contributed by atoms with E-state index in [1.54, 1.807) is 38.5 Å². The molecule has 4 bridgehead atoms. The molecule has 0 atom stereocenters. The first-order valence-electron chi connectivity index (χ1n) is 7.30. The highest BCUT2D eigenvalue weighted by atomic mass is 15.2. The molecular formula is C14H24N2. The Morgan fingerprint density at radius 3 is 1.81 bits per heavy atom. The van der Waals surface area contributed by atoms with E-state index < -0.39 is 0 Å². The van der Waals surface area contributed by atoms with Crippen LogP contribution in [0.25, 0.3) is 0 Å². The van der Waals surface area contributed by atoms with Gasteiger partial charge in [0.15, 0.2) is 0 Å². The zero-order chi connectivity index (χ0) is 10.6. The van der Waals surface area contributed by atoms with Gasteiger partial charge in [0, 0.05) is 31.7 Å². The van der Waals surface area contributed by atoms with Gasteiger partial charge in [-0.1, -0.05) is 0 Å². The molecule has 90 valence electrons. The van der Waals surface area contributed by atoms with Gasteiger partial charge in [-0.25, -0.2) is 0 Å². The van der Waals surface area contributed by atoms with Gasteiger partial charge in [0.25, 0.3) is 0 Å². The molecule has 1 aliphatic heterocycles. The molecule has 0 radical (unpaired) electrons. The summed E-state index contributed by atoms with van der Waals surface area (Å²) >= 11 is 0. The summed E-state index contributed by atoms with van der Waals surface area (Å²) in [5.41, 5.74) is 0.664. The smallest absolute Gasteiger partial charge is 0.0218 e. The number of nitrogens with zero attached hydrogens (tertiary/aromatic N) is 1. The van der Waals surface area contributed by atoms with Crippen LogP contribution in [0, 0.1) is 17.8 Å². The van der Waals surface area contributed by atoms with E-state index in [1.165, 1.54) is 26.2 Å². The zero-order valence-electron chi connectivity index (χ0n) is 10.3. The summed E-state index contributed by atoms with van der Waals surface area (Å²) in [4.78, 5) is 2.87. The standard InChI is InChI=1S/C14H24N2/c1-3-16(4-2-15-1)14-8-11-5-12(9-14)7-13(6-11)10-14/h11-13,15H,1-10H2. The quantitative estimate of drug-likeness (QED) is 0.725. The van der Waals surface area contributed by atoms with E-state index in [4.69, 9.17) is 0 Å². The lowest BCUT2D eigenvalue weighted by atomic mass is 9.52. The van der Waals surface area contributed by atoms with Crippen LogP contribution in [0.2, 0.25) is 0 Å². The number of hydrogen-bond donors (Lipinski definition) is 1. The average Bonchev–Trinajstić information content (AvgIpc) is 2.28. The van der Waals surface area contributed by atoms with Crippen molar-refractivity contribution >= 4 is 0 Å². The van der Waals surface area contributed by atoms with Crippen LogP contribution >= 0.6 is 0 Å². The van der Waals surface area contributed by atoms with E-state index in [0.29, 0.717) is 5.54 Å². The van der Waals surface area contributed by atoms with Gasteiger partial charge >= 0.3 is 0 Å². The van der Waals surface area contributed by atoms with Gasteiger partial charge in [0.05, 0.1) is 0 Å². The monoisotopic (exact) mass is 220 g/mol. The van der Waals surface area contributed by atoms with Gasteiger partial charge in [-0.05, 0) is 56.3 Å². The Morgan fingerprint density at radius 2 is 1.31 bits per heavy atom. The zero-order valence-corrected chi connectivity index (χ0v) is 10.3. The molecule has 4 saturated carbocycles. The molecule has 0 aromatic carbocycles. The molecule has 0 unspecified atom stereocenters. The Bertz CT molecular complexity index is 245. The Hall–Kier alpha value is -0.0800. The van der Waals surface area contributed by atoms with Crippen molar-refractivity contribution in [1.82, 2.24) is 10.2 Å². The van der Waals surface area contributed by atoms with Crippen molar-refractivity contribution in [1.29, 1.82) is 0 Å². The first kappa shape index (κ1) is 9.90. The molecule has 2 heteroatoms. The molecule has 4 aliphatic carbocycles. The van der Waals surface area contributed by atoms with Crippen LogP contribution in [0.3, 0.4) is 0 Å². The maximum absolute atomic E-state index is 3.51. The fraction of sp³-hybridized carbons (Fsp3) is 1.00. The number of hydrogen-bond acceptors (Lipinski definition) is 2. The molecule has 5 rings (SSSR count). The highest BCUT2D eigenvalue weighted by molar-refractivity contribution is 5.07. The predicted octanol–water partition coefficient (Wildman–Crippen LogP) is 1.86. The largest absolute Gasteiger partial charge is 0.314 e. The predicted molar refractivity (Wildman–Crippen MR) is 65.3 cm³/mol. The molecule has 0 spiro atoms. The molecule has 1 heterocycles. The first-order valence-corrected chi connectivity index (χ1v) is 7.30. The normalized spacial score (nSPS) is 52.1. The molecule has 1 saturated heterocycles. The fourth-order valence-corrected chi connectivity index (χ4v) is 5.59. The lowest BCUT2D eigenvalue weighted by Gasteiger charge is -2.61. The van der Waals surface area contributed by atoms with E-state index in [2.05, 4.69) is 10.2 Å². The Kier molecular flexibility index (Phi) is 2.14. The summed E-state index contributed by atoms with van der Waals surface area (Å²) in [6.45, 7) is 5.07. The Morgan fingerprint density at radius 1 is 0.812 bits per heavy atom. The molecule has 5 aliphatic rings. The highest BCUT2D eigenvalue weighted by Crippen LogP contribution is 2.57. The Labute approximate surface area is 98.8 Å². The molecule has 0 aromatic heterocycles. The van der Waals surface area contributed by atoms with E-state index in [0.717, 1.165) is 17.8 Å². The molecule has 0 amide bonds. The van der Waals surface area contributed by atoms with Crippen LogP contribution in [0.1, 0.15) is 38.5 Å². The van der Waals surface area contributed by atoms with Crippen molar-refractivity contribution in [2.45, 2.75) is 44.1 Å². The molecule has 5 fully saturated rings. The van der Waals surface area contributed by atoms with Crippen molar-refractivity contribution in [3.05, 3.63) is 0 Å². The first-order chi connectivity index (χ1) is 7.84. The van der Waals surface area contributed by atoms with Crippen LogP contribution in [-0.2, 0) is 0 Å².